The molecule has 0 rings (SSSR count). The van der Waals surface area contributed by atoms with Gasteiger partial charge in [-0.2, -0.15) is 43.9 Å². The van der Waals surface area contributed by atoms with Crippen molar-refractivity contribution >= 4 is 0 Å². The van der Waals surface area contributed by atoms with E-state index in [9.17, 15) is 43.9 Å². The maximum atomic E-state index is 14.5. The number of hydrogen-bond donors (Lipinski definition) is 0. The van der Waals surface area contributed by atoms with Crippen molar-refractivity contribution in [3.63, 3.8) is 0 Å². The second-order valence-corrected chi connectivity index (χ2v) is 9.83. The molecule has 39 heavy (non-hydrogen) atoms. The minimum atomic E-state index is -5.24. The Morgan fingerprint density at radius 2 is 0.718 bits per heavy atom. The van der Waals surface area contributed by atoms with Crippen LogP contribution in [-0.2, 0) is 14.2 Å². The Hall–Kier alpha value is -0.820. The van der Waals surface area contributed by atoms with E-state index >= 15 is 0 Å². The molecular formula is C26H44F10O3. The molecule has 0 aliphatic rings. The maximum absolute atomic E-state index is 14.5. The van der Waals surface area contributed by atoms with Gasteiger partial charge in [-0.05, 0) is 12.8 Å². The van der Waals surface area contributed by atoms with Gasteiger partial charge >= 0.3 is 24.6 Å². The fraction of sp³-hybridized carbons (Fsp3) is 1.00. The fourth-order valence-corrected chi connectivity index (χ4v) is 3.85. The van der Waals surface area contributed by atoms with Crippen molar-refractivity contribution in [2.45, 2.75) is 153 Å². The molecule has 236 valence electrons. The topological polar surface area (TPSA) is 27.7 Å². The van der Waals surface area contributed by atoms with Crippen molar-refractivity contribution < 1.29 is 58.1 Å². The molecular weight excluding hydrogens is 550 g/mol. The van der Waals surface area contributed by atoms with Gasteiger partial charge in [0.15, 0.2) is 12.2 Å². The average Bonchev–Trinajstić information content (AvgIpc) is 2.78. The molecule has 0 saturated heterocycles. The number of halogens is 10. The minimum absolute atomic E-state index is 0.102. The summed E-state index contributed by atoms with van der Waals surface area (Å²) in [4.78, 5) is 0. The molecule has 0 bridgehead atoms. The van der Waals surface area contributed by atoms with Crippen LogP contribution in [0, 0.1) is 0 Å². The number of hydrogen-bond acceptors (Lipinski definition) is 3. The summed E-state index contributed by atoms with van der Waals surface area (Å²) in [5, 5.41) is 0. The van der Waals surface area contributed by atoms with Gasteiger partial charge in [-0.3, -0.25) is 4.74 Å². The highest BCUT2D eigenvalue weighted by Gasteiger charge is 2.58. The van der Waals surface area contributed by atoms with Crippen LogP contribution in [0.2, 0.25) is 0 Å². The molecule has 0 aromatic carbocycles. The highest BCUT2D eigenvalue weighted by Crippen LogP contribution is 2.41. The highest BCUT2D eigenvalue weighted by atomic mass is 19.4. The molecule has 0 N–H and O–H groups in total. The van der Waals surface area contributed by atoms with E-state index in [1.54, 1.807) is 0 Å². The van der Waals surface area contributed by atoms with Crippen molar-refractivity contribution in [2.24, 2.45) is 0 Å². The number of rotatable bonds is 24. The van der Waals surface area contributed by atoms with Gasteiger partial charge < -0.3 is 9.47 Å². The SMILES string of the molecule is CCCCCCCCCOC(CC(F)(F)F)C(F)(F)OC(F)(F)C(CC(F)(F)F)OCCCCCCCCC. The van der Waals surface area contributed by atoms with Crippen LogP contribution in [0.4, 0.5) is 43.9 Å². The van der Waals surface area contributed by atoms with E-state index in [1.807, 2.05) is 13.8 Å². The van der Waals surface area contributed by atoms with Gasteiger partial charge in [0, 0.05) is 13.2 Å². The lowest BCUT2D eigenvalue weighted by molar-refractivity contribution is -0.431. The standard InChI is InChI=1S/C26H44F10O3/c1-3-5-7-9-11-13-15-17-37-21(19-23(27,28)29)25(33,34)39-26(35,36)22(20-24(30,31)32)38-18-16-14-12-10-8-6-4-2/h21-22H,3-20H2,1-2H3. The lowest BCUT2D eigenvalue weighted by Gasteiger charge is -2.34. The summed E-state index contributed by atoms with van der Waals surface area (Å²) < 4.78 is 148. The molecule has 3 nitrogen and oxygen atoms in total. The predicted octanol–water partition coefficient (Wildman–Crippen LogP) is 10.4. The summed E-state index contributed by atoms with van der Waals surface area (Å²) in [5.41, 5.74) is 0. The Kier molecular flexibility index (Phi) is 18.9. The van der Waals surface area contributed by atoms with Gasteiger partial charge in [-0.15, -0.1) is 0 Å². The normalized spacial score (nSPS) is 15.1. The van der Waals surface area contributed by atoms with E-state index in [0.717, 1.165) is 51.4 Å². The molecule has 0 fully saturated rings. The van der Waals surface area contributed by atoms with Crippen LogP contribution in [0.3, 0.4) is 0 Å². The van der Waals surface area contributed by atoms with Crippen LogP contribution in [0.15, 0.2) is 0 Å². The Morgan fingerprint density at radius 1 is 0.436 bits per heavy atom. The molecule has 0 aromatic heterocycles. The zero-order valence-corrected chi connectivity index (χ0v) is 22.9. The monoisotopic (exact) mass is 594 g/mol. The summed E-state index contributed by atoms with van der Waals surface area (Å²) in [5.74, 6) is 0. The summed E-state index contributed by atoms with van der Waals surface area (Å²) in [6, 6.07) is 0. The van der Waals surface area contributed by atoms with Gasteiger partial charge in [-0.25, -0.2) is 0 Å². The van der Waals surface area contributed by atoms with Crippen molar-refractivity contribution in [3.05, 3.63) is 0 Å². The third-order valence-electron chi connectivity index (χ3n) is 5.99. The fourth-order valence-electron chi connectivity index (χ4n) is 3.85. The minimum Gasteiger partial charge on any atom is -0.369 e. The van der Waals surface area contributed by atoms with E-state index in [1.165, 1.54) is 0 Å². The molecule has 0 radical (unpaired) electrons. The average molecular weight is 595 g/mol. The van der Waals surface area contributed by atoms with Gasteiger partial charge in [0.2, 0.25) is 0 Å². The van der Waals surface area contributed by atoms with Crippen LogP contribution in [0.5, 0.6) is 0 Å². The van der Waals surface area contributed by atoms with Gasteiger partial charge in [0.25, 0.3) is 0 Å². The lowest BCUT2D eigenvalue weighted by atomic mass is 10.1. The summed E-state index contributed by atoms with van der Waals surface area (Å²) in [6.45, 7) is 2.85. The van der Waals surface area contributed by atoms with Crippen molar-refractivity contribution in [1.29, 1.82) is 0 Å². The summed E-state index contributed by atoms with van der Waals surface area (Å²) in [6.07, 6.45) is -21.9. The first-order valence-electron chi connectivity index (χ1n) is 13.9. The molecule has 0 heterocycles. The van der Waals surface area contributed by atoms with Crippen LogP contribution in [0.1, 0.15) is 117 Å². The van der Waals surface area contributed by atoms with Gasteiger partial charge in [0.05, 0.1) is 12.8 Å². The number of unbranched alkanes of at least 4 members (excludes halogenated alkanes) is 12. The van der Waals surface area contributed by atoms with E-state index in [4.69, 9.17) is 0 Å². The Balaban J connectivity index is 5.16. The molecule has 0 amide bonds. The molecule has 2 atom stereocenters. The summed E-state index contributed by atoms with van der Waals surface area (Å²) >= 11 is 0. The molecule has 0 saturated carbocycles. The van der Waals surface area contributed by atoms with Crippen LogP contribution in [-0.4, -0.2) is 50.0 Å². The quantitative estimate of drug-likeness (QED) is 0.0822. The first kappa shape index (κ1) is 38.2. The molecule has 0 aliphatic carbocycles. The lowest BCUT2D eigenvalue weighted by Crippen LogP contribution is -2.51. The second kappa shape index (κ2) is 19.3. The predicted molar refractivity (Wildman–Crippen MR) is 128 cm³/mol. The van der Waals surface area contributed by atoms with Crippen LogP contribution < -0.4 is 0 Å². The first-order valence-corrected chi connectivity index (χ1v) is 13.9. The van der Waals surface area contributed by atoms with Gasteiger partial charge in [-0.1, -0.05) is 90.9 Å². The Morgan fingerprint density at radius 3 is 1.00 bits per heavy atom. The second-order valence-electron chi connectivity index (χ2n) is 9.83. The molecule has 0 spiro atoms. The smallest absolute Gasteiger partial charge is 0.369 e. The van der Waals surface area contributed by atoms with Crippen LogP contribution in [0.25, 0.3) is 0 Å². The van der Waals surface area contributed by atoms with E-state index < -0.39 is 62.8 Å². The van der Waals surface area contributed by atoms with E-state index in [0.29, 0.717) is 25.7 Å². The first-order chi connectivity index (χ1) is 18.0. The van der Waals surface area contributed by atoms with Crippen molar-refractivity contribution in [1.82, 2.24) is 0 Å². The molecule has 0 aliphatic heterocycles. The summed E-state index contributed by atoms with van der Waals surface area (Å²) in [7, 11) is 0. The van der Waals surface area contributed by atoms with E-state index in [2.05, 4.69) is 14.2 Å². The zero-order chi connectivity index (χ0) is 30.0. The van der Waals surface area contributed by atoms with Crippen LogP contribution >= 0.6 is 0 Å². The third-order valence-corrected chi connectivity index (χ3v) is 5.99. The molecule has 0 aromatic rings. The third kappa shape index (κ3) is 20.7. The highest BCUT2D eigenvalue weighted by molar-refractivity contribution is 4.80. The number of ether oxygens (including phenoxy) is 3. The number of alkyl halides is 10. The van der Waals surface area contributed by atoms with E-state index in [-0.39, 0.29) is 12.8 Å². The Bertz CT molecular complexity index is 548. The van der Waals surface area contributed by atoms with Gasteiger partial charge in [0.1, 0.15) is 0 Å². The van der Waals surface area contributed by atoms with Crippen molar-refractivity contribution in [3.8, 4) is 0 Å². The van der Waals surface area contributed by atoms with Crippen molar-refractivity contribution in [2.75, 3.05) is 13.2 Å². The zero-order valence-electron chi connectivity index (χ0n) is 22.9. The largest absolute Gasteiger partial charge is 0.391 e. The Labute approximate surface area is 225 Å². The molecule has 13 heteroatoms. The molecule has 2 unspecified atom stereocenters. The maximum Gasteiger partial charge on any atom is 0.391 e.